The van der Waals surface area contributed by atoms with Crippen molar-refractivity contribution in [3.63, 3.8) is 0 Å². The predicted octanol–water partition coefficient (Wildman–Crippen LogP) is 3.33. The van der Waals surface area contributed by atoms with Crippen molar-refractivity contribution in [3.05, 3.63) is 35.4 Å². The molecule has 3 nitrogen and oxygen atoms in total. The molecule has 3 heteroatoms. The maximum atomic E-state index is 11.7. The summed E-state index contributed by atoms with van der Waals surface area (Å²) in [6.45, 7) is 1.92. The zero-order valence-electron chi connectivity index (χ0n) is 13.2. The number of rotatable bonds is 5. The minimum atomic E-state index is 0.0500. The quantitative estimate of drug-likeness (QED) is 0.669. The van der Waals surface area contributed by atoms with Crippen molar-refractivity contribution in [3.8, 4) is 11.8 Å². The molecule has 1 saturated carbocycles. The zero-order chi connectivity index (χ0) is 15.8. The van der Waals surface area contributed by atoms with Crippen molar-refractivity contribution in [1.82, 2.24) is 5.32 Å². The topological polar surface area (TPSA) is 46.2 Å². The van der Waals surface area contributed by atoms with Gasteiger partial charge in [0.25, 0.3) is 0 Å². The van der Waals surface area contributed by atoms with Crippen LogP contribution >= 0.6 is 0 Å². The van der Waals surface area contributed by atoms with Gasteiger partial charge in [0.1, 0.15) is 0 Å². The van der Waals surface area contributed by atoms with Crippen LogP contribution in [0, 0.1) is 17.8 Å². The fourth-order valence-corrected chi connectivity index (χ4v) is 2.80. The van der Waals surface area contributed by atoms with Gasteiger partial charge in [0.2, 0.25) is 5.91 Å². The maximum Gasteiger partial charge on any atom is 0.220 e. The molecule has 2 rings (SSSR count). The van der Waals surface area contributed by atoms with Crippen LogP contribution in [0.5, 0.6) is 0 Å². The Morgan fingerprint density at radius 2 is 1.86 bits per heavy atom. The molecule has 0 aliphatic heterocycles. The van der Waals surface area contributed by atoms with Crippen LogP contribution in [0.2, 0.25) is 0 Å². The lowest BCUT2D eigenvalue weighted by Gasteiger charge is -2.07. The molecule has 22 heavy (non-hydrogen) atoms. The lowest BCUT2D eigenvalue weighted by molar-refractivity contribution is -0.121. The van der Waals surface area contributed by atoms with E-state index in [1.807, 2.05) is 12.1 Å². The molecule has 1 aliphatic carbocycles. The molecule has 0 heterocycles. The molecule has 1 aliphatic rings. The predicted molar refractivity (Wildman–Crippen MR) is 87.5 cm³/mol. The van der Waals surface area contributed by atoms with Gasteiger partial charge in [0.15, 0.2) is 5.78 Å². The third kappa shape index (κ3) is 5.37. The molecule has 1 amide bonds. The van der Waals surface area contributed by atoms with Crippen molar-refractivity contribution in [2.24, 2.45) is 5.92 Å². The van der Waals surface area contributed by atoms with E-state index >= 15 is 0 Å². The van der Waals surface area contributed by atoms with Crippen LogP contribution < -0.4 is 5.32 Å². The number of benzene rings is 1. The lowest BCUT2D eigenvalue weighted by Crippen LogP contribution is -2.23. The van der Waals surface area contributed by atoms with Gasteiger partial charge in [0.05, 0.1) is 6.54 Å². The second-order valence-corrected chi connectivity index (χ2v) is 5.90. The van der Waals surface area contributed by atoms with Gasteiger partial charge in [-0.1, -0.05) is 49.7 Å². The van der Waals surface area contributed by atoms with Crippen molar-refractivity contribution in [1.29, 1.82) is 0 Å². The number of Topliss-reactive ketones (excluding diaryl/α,β-unsaturated/α-hetero) is 1. The Hall–Kier alpha value is -2.08. The van der Waals surface area contributed by atoms with E-state index in [0.29, 0.717) is 18.5 Å². The summed E-state index contributed by atoms with van der Waals surface area (Å²) >= 11 is 0. The number of carbonyl (C=O) groups excluding carboxylic acids is 2. The molecule has 0 aromatic heterocycles. The lowest BCUT2D eigenvalue weighted by atomic mass is 10.0. The van der Waals surface area contributed by atoms with E-state index in [9.17, 15) is 9.59 Å². The van der Waals surface area contributed by atoms with E-state index in [1.54, 1.807) is 19.1 Å². The second kappa shape index (κ2) is 8.38. The van der Waals surface area contributed by atoms with E-state index in [-0.39, 0.29) is 11.7 Å². The first kappa shape index (κ1) is 16.3. The highest BCUT2D eigenvalue weighted by atomic mass is 16.1. The number of nitrogens with one attached hydrogen (secondary N) is 1. The van der Waals surface area contributed by atoms with Crippen LogP contribution in [0.1, 0.15) is 61.4 Å². The van der Waals surface area contributed by atoms with Crippen LogP contribution in [0.15, 0.2) is 24.3 Å². The van der Waals surface area contributed by atoms with Gasteiger partial charge in [0, 0.05) is 17.5 Å². The van der Waals surface area contributed by atoms with Crippen LogP contribution in [-0.4, -0.2) is 18.2 Å². The Morgan fingerprint density at radius 3 is 2.50 bits per heavy atom. The summed E-state index contributed by atoms with van der Waals surface area (Å²) in [6, 6.07) is 7.19. The molecule has 0 saturated heterocycles. The fourth-order valence-electron chi connectivity index (χ4n) is 2.80. The molecular formula is C19H23NO2. The van der Waals surface area contributed by atoms with Gasteiger partial charge in [-0.3, -0.25) is 9.59 Å². The minimum absolute atomic E-state index is 0.0500. The maximum absolute atomic E-state index is 11.7. The van der Waals surface area contributed by atoms with Crippen molar-refractivity contribution < 1.29 is 9.59 Å². The normalized spacial score (nSPS) is 14.2. The van der Waals surface area contributed by atoms with E-state index in [2.05, 4.69) is 17.2 Å². The summed E-state index contributed by atoms with van der Waals surface area (Å²) in [5, 5.41) is 2.84. The zero-order valence-corrected chi connectivity index (χ0v) is 13.2. The van der Waals surface area contributed by atoms with Gasteiger partial charge in [-0.25, -0.2) is 0 Å². The molecule has 1 fully saturated rings. The average Bonchev–Trinajstić information content (AvgIpc) is 3.03. The molecule has 1 aromatic carbocycles. The van der Waals surface area contributed by atoms with Gasteiger partial charge in [-0.05, 0) is 31.4 Å². The van der Waals surface area contributed by atoms with Crippen molar-refractivity contribution >= 4 is 11.7 Å². The minimum Gasteiger partial charge on any atom is -0.345 e. The van der Waals surface area contributed by atoms with Gasteiger partial charge >= 0.3 is 0 Å². The van der Waals surface area contributed by atoms with E-state index in [4.69, 9.17) is 0 Å². The van der Waals surface area contributed by atoms with Crippen LogP contribution in [-0.2, 0) is 4.79 Å². The highest BCUT2D eigenvalue weighted by molar-refractivity contribution is 5.94. The van der Waals surface area contributed by atoms with E-state index < -0.39 is 0 Å². The number of ketones is 1. The first-order chi connectivity index (χ1) is 10.6. The Kier molecular flexibility index (Phi) is 6.21. The molecule has 0 bridgehead atoms. The SMILES string of the molecule is CC(=O)c1ccc(C#CCNC(=O)CCC2CCCC2)cc1. The molecule has 0 spiro atoms. The van der Waals surface area contributed by atoms with Crippen LogP contribution in [0.4, 0.5) is 0 Å². The Morgan fingerprint density at radius 1 is 1.18 bits per heavy atom. The summed E-state index contributed by atoms with van der Waals surface area (Å²) in [7, 11) is 0. The third-order valence-electron chi connectivity index (χ3n) is 4.15. The number of hydrogen-bond acceptors (Lipinski definition) is 2. The molecule has 1 aromatic rings. The van der Waals surface area contributed by atoms with Crippen LogP contribution in [0.25, 0.3) is 0 Å². The molecule has 0 radical (unpaired) electrons. The summed E-state index contributed by atoms with van der Waals surface area (Å²) < 4.78 is 0. The van der Waals surface area contributed by atoms with Gasteiger partial charge in [-0.15, -0.1) is 0 Å². The first-order valence-corrected chi connectivity index (χ1v) is 8.02. The van der Waals surface area contributed by atoms with E-state index in [0.717, 1.165) is 17.9 Å². The number of carbonyl (C=O) groups is 2. The Balaban J connectivity index is 1.69. The first-order valence-electron chi connectivity index (χ1n) is 8.02. The standard InChI is InChI=1S/C19H23NO2/c1-15(21)18-11-8-17(9-12-18)7-4-14-20-19(22)13-10-16-5-2-3-6-16/h8-9,11-12,16H,2-3,5-6,10,13-14H2,1H3,(H,20,22). The van der Waals surface area contributed by atoms with Gasteiger partial charge < -0.3 is 5.32 Å². The third-order valence-corrected chi connectivity index (χ3v) is 4.15. The largest absolute Gasteiger partial charge is 0.345 e. The highest BCUT2D eigenvalue weighted by Crippen LogP contribution is 2.28. The molecule has 0 atom stereocenters. The van der Waals surface area contributed by atoms with Crippen molar-refractivity contribution in [2.75, 3.05) is 6.54 Å². The van der Waals surface area contributed by atoms with Crippen molar-refractivity contribution in [2.45, 2.75) is 45.4 Å². The number of hydrogen-bond donors (Lipinski definition) is 1. The Labute approximate surface area is 132 Å². The molecule has 1 N–H and O–H groups in total. The smallest absolute Gasteiger partial charge is 0.220 e. The van der Waals surface area contributed by atoms with Gasteiger partial charge in [-0.2, -0.15) is 0 Å². The second-order valence-electron chi connectivity index (χ2n) is 5.90. The molecule has 116 valence electrons. The average molecular weight is 297 g/mol. The molecule has 0 unspecified atom stereocenters. The highest BCUT2D eigenvalue weighted by Gasteiger charge is 2.15. The van der Waals surface area contributed by atoms with Crippen LogP contribution in [0.3, 0.4) is 0 Å². The van der Waals surface area contributed by atoms with E-state index in [1.165, 1.54) is 25.7 Å². The Bertz CT molecular complexity index is 572. The summed E-state index contributed by atoms with van der Waals surface area (Å²) in [6.07, 6.45) is 6.82. The molecular weight excluding hydrogens is 274 g/mol. The summed E-state index contributed by atoms with van der Waals surface area (Å²) in [5.74, 6) is 6.82. The monoisotopic (exact) mass is 297 g/mol. The number of amides is 1. The summed E-state index contributed by atoms with van der Waals surface area (Å²) in [4.78, 5) is 22.9. The fraction of sp³-hybridized carbons (Fsp3) is 0.474. The summed E-state index contributed by atoms with van der Waals surface area (Å²) in [5.41, 5.74) is 1.54.